The minimum atomic E-state index is -0.633. The summed E-state index contributed by atoms with van der Waals surface area (Å²) in [5.41, 5.74) is 7.36. The minimum Gasteiger partial charge on any atom is -0.370 e. The molecule has 0 aromatic heterocycles. The Hall–Kier alpha value is -2.36. The van der Waals surface area contributed by atoms with Crippen LogP contribution in [0.1, 0.15) is 17.2 Å². The van der Waals surface area contributed by atoms with Crippen molar-refractivity contribution in [3.8, 4) is 0 Å². The summed E-state index contributed by atoms with van der Waals surface area (Å²) in [4.78, 5) is 11.5. The van der Waals surface area contributed by atoms with Gasteiger partial charge in [0.2, 0.25) is 5.91 Å². The molecule has 0 saturated carbocycles. The molecule has 2 rings (SSSR count). The van der Waals surface area contributed by atoms with Gasteiger partial charge in [0.1, 0.15) is 11.9 Å². The van der Waals surface area contributed by atoms with Crippen molar-refractivity contribution in [1.29, 1.82) is 0 Å². The lowest BCUT2D eigenvalue weighted by Crippen LogP contribution is -2.27. The normalized spacial score (nSPS) is 11.9. The van der Waals surface area contributed by atoms with Crippen LogP contribution in [0.2, 0.25) is 0 Å². The lowest BCUT2D eigenvalue weighted by atomic mass is 10.1. The van der Waals surface area contributed by atoms with Gasteiger partial charge in [-0.15, -0.1) is 0 Å². The molecule has 0 radical (unpaired) electrons. The van der Waals surface area contributed by atoms with E-state index < -0.39 is 11.9 Å². The maximum atomic E-state index is 13.2. The third kappa shape index (κ3) is 3.10. The van der Waals surface area contributed by atoms with Crippen molar-refractivity contribution in [2.24, 2.45) is 5.73 Å². The van der Waals surface area contributed by atoms with Crippen LogP contribution in [0.4, 0.5) is 10.1 Å². The lowest BCUT2D eigenvalue weighted by Gasteiger charge is -2.17. The molecule has 0 aliphatic carbocycles. The highest BCUT2D eigenvalue weighted by Gasteiger charge is 2.17. The van der Waals surface area contributed by atoms with Crippen LogP contribution in [0, 0.1) is 12.7 Å². The molecule has 0 aliphatic heterocycles. The number of nitrogens with one attached hydrogen (secondary N) is 1. The van der Waals surface area contributed by atoms with Gasteiger partial charge in [0.05, 0.1) is 0 Å². The van der Waals surface area contributed by atoms with E-state index in [-0.39, 0.29) is 5.82 Å². The maximum absolute atomic E-state index is 13.2. The monoisotopic (exact) mass is 258 g/mol. The number of carbonyl (C=O) groups is 1. The quantitative estimate of drug-likeness (QED) is 0.886. The number of rotatable bonds is 4. The number of hydrogen-bond acceptors (Lipinski definition) is 2. The molecular formula is C15H15FN2O. The first kappa shape index (κ1) is 13.1. The molecule has 98 valence electrons. The van der Waals surface area contributed by atoms with Crippen LogP contribution in [0.3, 0.4) is 0 Å². The molecular weight excluding hydrogens is 243 g/mol. The summed E-state index contributed by atoms with van der Waals surface area (Å²) in [6.45, 7) is 1.67. The van der Waals surface area contributed by atoms with Crippen LogP contribution in [-0.2, 0) is 4.79 Å². The van der Waals surface area contributed by atoms with E-state index in [0.29, 0.717) is 11.3 Å². The Bertz CT molecular complexity index is 584. The lowest BCUT2D eigenvalue weighted by molar-refractivity contribution is -0.118. The van der Waals surface area contributed by atoms with Gasteiger partial charge < -0.3 is 11.1 Å². The molecule has 0 spiro atoms. The Morgan fingerprint density at radius 2 is 1.89 bits per heavy atom. The number of aryl methyl sites for hydroxylation is 1. The average molecular weight is 258 g/mol. The number of amides is 1. The zero-order valence-electron chi connectivity index (χ0n) is 10.6. The summed E-state index contributed by atoms with van der Waals surface area (Å²) in [6, 6.07) is 13.1. The van der Waals surface area contributed by atoms with Crippen molar-refractivity contribution >= 4 is 11.6 Å². The summed E-state index contributed by atoms with van der Waals surface area (Å²) in [5.74, 6) is -0.755. The van der Waals surface area contributed by atoms with E-state index in [1.165, 1.54) is 6.07 Å². The fraction of sp³-hybridized carbons (Fsp3) is 0.133. The predicted molar refractivity (Wildman–Crippen MR) is 73.1 cm³/mol. The Kier molecular flexibility index (Phi) is 3.80. The fourth-order valence-electron chi connectivity index (χ4n) is 1.87. The van der Waals surface area contributed by atoms with Crippen molar-refractivity contribution in [1.82, 2.24) is 0 Å². The molecule has 1 amide bonds. The van der Waals surface area contributed by atoms with Gasteiger partial charge in [0.25, 0.3) is 0 Å². The van der Waals surface area contributed by atoms with Gasteiger partial charge in [-0.3, -0.25) is 4.79 Å². The topological polar surface area (TPSA) is 55.1 Å². The number of carbonyl (C=O) groups excluding carboxylic acids is 1. The number of anilines is 1. The van der Waals surface area contributed by atoms with Crippen LogP contribution in [0.5, 0.6) is 0 Å². The summed E-state index contributed by atoms with van der Waals surface area (Å²) in [6.07, 6.45) is 0. The second-order valence-corrected chi connectivity index (χ2v) is 4.35. The fourth-order valence-corrected chi connectivity index (χ4v) is 1.87. The van der Waals surface area contributed by atoms with Crippen LogP contribution < -0.4 is 11.1 Å². The second-order valence-electron chi connectivity index (χ2n) is 4.35. The number of hydrogen-bond donors (Lipinski definition) is 2. The highest BCUT2D eigenvalue weighted by atomic mass is 19.1. The van der Waals surface area contributed by atoms with Crippen molar-refractivity contribution in [3.05, 3.63) is 65.5 Å². The Morgan fingerprint density at radius 1 is 1.21 bits per heavy atom. The molecule has 0 heterocycles. The van der Waals surface area contributed by atoms with Gasteiger partial charge in [0.15, 0.2) is 0 Å². The van der Waals surface area contributed by atoms with E-state index in [0.717, 1.165) is 5.56 Å². The molecule has 4 heteroatoms. The zero-order chi connectivity index (χ0) is 13.8. The molecule has 3 nitrogen and oxygen atoms in total. The molecule has 19 heavy (non-hydrogen) atoms. The average Bonchev–Trinajstić information content (AvgIpc) is 2.40. The second kappa shape index (κ2) is 5.52. The van der Waals surface area contributed by atoms with Gasteiger partial charge in [0, 0.05) is 5.69 Å². The van der Waals surface area contributed by atoms with Gasteiger partial charge >= 0.3 is 0 Å². The van der Waals surface area contributed by atoms with E-state index in [4.69, 9.17) is 5.73 Å². The number of benzene rings is 2. The molecule has 0 bridgehead atoms. The Morgan fingerprint density at radius 3 is 2.47 bits per heavy atom. The number of nitrogens with two attached hydrogens (primary N) is 1. The third-order valence-corrected chi connectivity index (χ3v) is 2.89. The standard InChI is InChI=1S/C15H15FN2O/c1-10-9-12(7-8-13(10)16)18-14(15(17)19)11-5-3-2-4-6-11/h2-9,14,18H,1H3,(H2,17,19). The van der Waals surface area contributed by atoms with E-state index >= 15 is 0 Å². The molecule has 0 saturated heterocycles. The van der Waals surface area contributed by atoms with Crippen LogP contribution in [0.25, 0.3) is 0 Å². The molecule has 2 aromatic rings. The highest BCUT2D eigenvalue weighted by molar-refractivity contribution is 5.84. The van der Waals surface area contributed by atoms with Gasteiger partial charge in [-0.05, 0) is 36.2 Å². The SMILES string of the molecule is Cc1cc(NC(C(N)=O)c2ccccc2)ccc1F. The largest absolute Gasteiger partial charge is 0.370 e. The van der Waals surface area contributed by atoms with Crippen molar-refractivity contribution in [2.75, 3.05) is 5.32 Å². The third-order valence-electron chi connectivity index (χ3n) is 2.89. The molecule has 0 aliphatic rings. The van der Waals surface area contributed by atoms with Crippen LogP contribution in [0.15, 0.2) is 48.5 Å². The molecule has 2 aromatic carbocycles. The first-order chi connectivity index (χ1) is 9.08. The van der Waals surface area contributed by atoms with Crippen LogP contribution >= 0.6 is 0 Å². The zero-order valence-corrected chi connectivity index (χ0v) is 10.6. The van der Waals surface area contributed by atoms with E-state index in [1.54, 1.807) is 19.1 Å². The first-order valence-corrected chi connectivity index (χ1v) is 5.95. The molecule has 3 N–H and O–H groups in total. The van der Waals surface area contributed by atoms with Crippen molar-refractivity contribution < 1.29 is 9.18 Å². The van der Waals surface area contributed by atoms with E-state index in [2.05, 4.69) is 5.32 Å². The maximum Gasteiger partial charge on any atom is 0.244 e. The smallest absolute Gasteiger partial charge is 0.244 e. The Balaban J connectivity index is 2.27. The van der Waals surface area contributed by atoms with Gasteiger partial charge in [-0.1, -0.05) is 30.3 Å². The summed E-state index contributed by atoms with van der Waals surface area (Å²) < 4.78 is 13.2. The van der Waals surface area contributed by atoms with Crippen molar-refractivity contribution in [3.63, 3.8) is 0 Å². The van der Waals surface area contributed by atoms with E-state index in [9.17, 15) is 9.18 Å². The van der Waals surface area contributed by atoms with E-state index in [1.807, 2.05) is 30.3 Å². The number of primary amides is 1. The summed E-state index contributed by atoms with van der Waals surface area (Å²) in [5, 5.41) is 3.02. The molecule has 1 unspecified atom stereocenters. The minimum absolute atomic E-state index is 0.277. The number of halogens is 1. The molecule has 0 fully saturated rings. The van der Waals surface area contributed by atoms with Crippen molar-refractivity contribution in [2.45, 2.75) is 13.0 Å². The molecule has 1 atom stereocenters. The summed E-state index contributed by atoms with van der Waals surface area (Å²) in [7, 11) is 0. The highest BCUT2D eigenvalue weighted by Crippen LogP contribution is 2.21. The van der Waals surface area contributed by atoms with Gasteiger partial charge in [-0.25, -0.2) is 4.39 Å². The predicted octanol–water partition coefficient (Wildman–Crippen LogP) is 2.77. The van der Waals surface area contributed by atoms with Gasteiger partial charge in [-0.2, -0.15) is 0 Å². The summed E-state index contributed by atoms with van der Waals surface area (Å²) >= 11 is 0. The van der Waals surface area contributed by atoms with Crippen LogP contribution in [-0.4, -0.2) is 5.91 Å². The Labute approximate surface area is 111 Å². The first-order valence-electron chi connectivity index (χ1n) is 5.95.